The van der Waals surface area contributed by atoms with E-state index in [1.54, 1.807) is 6.33 Å². The molecule has 0 aliphatic heterocycles. The summed E-state index contributed by atoms with van der Waals surface area (Å²) in [6.07, 6.45) is 6.88. The fourth-order valence-corrected chi connectivity index (χ4v) is 2.90. The molecule has 4 heteroatoms. The van der Waals surface area contributed by atoms with Crippen molar-refractivity contribution in [1.82, 2.24) is 9.97 Å². The zero-order valence-corrected chi connectivity index (χ0v) is 12.1. The number of aliphatic hydroxyl groups excluding tert-OH is 1. The highest BCUT2D eigenvalue weighted by molar-refractivity contribution is 5.48. The molecule has 2 aromatic rings. The van der Waals surface area contributed by atoms with Crippen molar-refractivity contribution < 1.29 is 5.11 Å². The van der Waals surface area contributed by atoms with Crippen LogP contribution in [0.5, 0.6) is 0 Å². The van der Waals surface area contributed by atoms with E-state index in [-0.39, 0.29) is 12.6 Å². The van der Waals surface area contributed by atoms with Gasteiger partial charge in [-0.3, -0.25) is 0 Å². The largest absolute Gasteiger partial charge is 0.394 e. The summed E-state index contributed by atoms with van der Waals surface area (Å²) in [6.45, 7) is 0.0909. The number of rotatable bonds is 5. The Morgan fingerprint density at radius 1 is 1.10 bits per heavy atom. The number of nitrogens with zero attached hydrogens (tertiary/aromatic N) is 2. The Balaban J connectivity index is 1.75. The number of nitrogens with one attached hydrogen (secondary N) is 1. The number of anilines is 1. The van der Waals surface area contributed by atoms with Crippen LogP contribution in [0.25, 0.3) is 0 Å². The molecule has 0 saturated carbocycles. The summed E-state index contributed by atoms with van der Waals surface area (Å²) >= 11 is 0. The summed E-state index contributed by atoms with van der Waals surface area (Å²) in [6, 6.07) is 10.2. The van der Waals surface area contributed by atoms with Gasteiger partial charge in [0.1, 0.15) is 12.1 Å². The molecular weight excluding hydrogens is 262 g/mol. The van der Waals surface area contributed by atoms with Crippen LogP contribution >= 0.6 is 0 Å². The van der Waals surface area contributed by atoms with E-state index in [9.17, 15) is 5.11 Å². The third-order valence-electron chi connectivity index (χ3n) is 4.01. The molecule has 0 bridgehead atoms. The fraction of sp³-hybridized carbons (Fsp3) is 0.412. The molecule has 1 unspecified atom stereocenters. The van der Waals surface area contributed by atoms with Crippen molar-refractivity contribution in [2.75, 3.05) is 11.9 Å². The van der Waals surface area contributed by atoms with Crippen molar-refractivity contribution >= 4 is 5.82 Å². The topological polar surface area (TPSA) is 58.0 Å². The van der Waals surface area contributed by atoms with Crippen LogP contribution in [-0.4, -0.2) is 27.7 Å². The standard InChI is InChI=1S/C17H21N3O/c21-11-14(10-13-6-2-1-3-7-13)20-17-15-8-4-5-9-16(15)18-12-19-17/h1-3,6-7,12,14,21H,4-5,8-11H2,(H,18,19,20). The summed E-state index contributed by atoms with van der Waals surface area (Å²) in [5, 5.41) is 13.1. The fourth-order valence-electron chi connectivity index (χ4n) is 2.90. The minimum Gasteiger partial charge on any atom is -0.394 e. The predicted octanol–water partition coefficient (Wildman–Crippen LogP) is 2.37. The maximum Gasteiger partial charge on any atom is 0.133 e. The van der Waals surface area contributed by atoms with Crippen molar-refractivity contribution in [2.24, 2.45) is 0 Å². The smallest absolute Gasteiger partial charge is 0.133 e. The second kappa shape index (κ2) is 6.68. The lowest BCUT2D eigenvalue weighted by atomic mass is 9.96. The first-order chi connectivity index (χ1) is 10.4. The molecule has 1 aromatic carbocycles. The van der Waals surface area contributed by atoms with E-state index in [2.05, 4.69) is 27.4 Å². The molecule has 3 rings (SSSR count). The predicted molar refractivity (Wildman–Crippen MR) is 83.3 cm³/mol. The highest BCUT2D eigenvalue weighted by Crippen LogP contribution is 2.25. The highest BCUT2D eigenvalue weighted by atomic mass is 16.3. The van der Waals surface area contributed by atoms with Gasteiger partial charge in [0.25, 0.3) is 0 Å². The molecule has 1 aromatic heterocycles. The summed E-state index contributed by atoms with van der Waals surface area (Å²) < 4.78 is 0. The average molecular weight is 283 g/mol. The zero-order valence-electron chi connectivity index (χ0n) is 12.1. The van der Waals surface area contributed by atoms with Crippen LogP contribution in [0.4, 0.5) is 5.82 Å². The second-order valence-corrected chi connectivity index (χ2v) is 5.57. The summed E-state index contributed by atoms with van der Waals surface area (Å²) in [5.41, 5.74) is 3.61. The Bertz CT molecular complexity index is 586. The Kier molecular flexibility index (Phi) is 4.46. The third-order valence-corrected chi connectivity index (χ3v) is 4.01. The molecule has 1 atom stereocenters. The van der Waals surface area contributed by atoms with Gasteiger partial charge in [-0.1, -0.05) is 30.3 Å². The summed E-state index contributed by atoms with van der Waals surface area (Å²) in [5.74, 6) is 0.898. The van der Waals surface area contributed by atoms with Gasteiger partial charge < -0.3 is 10.4 Å². The lowest BCUT2D eigenvalue weighted by Crippen LogP contribution is -2.28. The number of benzene rings is 1. The van der Waals surface area contributed by atoms with Gasteiger partial charge in [-0.15, -0.1) is 0 Å². The maximum atomic E-state index is 9.65. The molecular formula is C17H21N3O. The van der Waals surface area contributed by atoms with E-state index in [4.69, 9.17) is 0 Å². The number of hydrogen-bond acceptors (Lipinski definition) is 4. The van der Waals surface area contributed by atoms with Crippen LogP contribution in [0.15, 0.2) is 36.7 Å². The van der Waals surface area contributed by atoms with Gasteiger partial charge in [-0.2, -0.15) is 0 Å². The quantitative estimate of drug-likeness (QED) is 0.884. The molecule has 4 nitrogen and oxygen atoms in total. The lowest BCUT2D eigenvalue weighted by molar-refractivity contribution is 0.273. The number of aryl methyl sites for hydroxylation is 1. The first-order valence-electron chi connectivity index (χ1n) is 7.61. The third kappa shape index (κ3) is 3.39. The SMILES string of the molecule is OCC(Cc1ccccc1)Nc1ncnc2c1CCCC2. The highest BCUT2D eigenvalue weighted by Gasteiger charge is 2.17. The van der Waals surface area contributed by atoms with Crippen molar-refractivity contribution in [3.05, 3.63) is 53.5 Å². The van der Waals surface area contributed by atoms with Crippen molar-refractivity contribution in [3.8, 4) is 0 Å². The number of hydrogen-bond donors (Lipinski definition) is 2. The van der Waals surface area contributed by atoms with E-state index in [0.717, 1.165) is 30.8 Å². The lowest BCUT2D eigenvalue weighted by Gasteiger charge is -2.22. The van der Waals surface area contributed by atoms with Crippen LogP contribution in [0.1, 0.15) is 29.7 Å². The van der Waals surface area contributed by atoms with Gasteiger partial charge in [0.2, 0.25) is 0 Å². The van der Waals surface area contributed by atoms with E-state index >= 15 is 0 Å². The molecule has 0 fully saturated rings. The van der Waals surface area contributed by atoms with E-state index < -0.39 is 0 Å². The number of aliphatic hydroxyl groups is 1. The van der Waals surface area contributed by atoms with Crippen molar-refractivity contribution in [3.63, 3.8) is 0 Å². The maximum absolute atomic E-state index is 9.65. The van der Waals surface area contributed by atoms with Gasteiger partial charge in [-0.25, -0.2) is 9.97 Å². The van der Waals surface area contributed by atoms with Gasteiger partial charge in [-0.05, 0) is 37.7 Å². The molecule has 1 aliphatic rings. The first kappa shape index (κ1) is 14.0. The average Bonchev–Trinajstić information content (AvgIpc) is 2.55. The Labute approximate surface area is 125 Å². The monoisotopic (exact) mass is 283 g/mol. The normalized spacial score (nSPS) is 15.3. The number of fused-ring (bicyclic) bond motifs is 1. The second-order valence-electron chi connectivity index (χ2n) is 5.57. The summed E-state index contributed by atoms with van der Waals surface area (Å²) in [7, 11) is 0. The molecule has 0 spiro atoms. The van der Waals surface area contributed by atoms with Crippen LogP contribution < -0.4 is 5.32 Å². The van der Waals surface area contributed by atoms with Crippen molar-refractivity contribution in [1.29, 1.82) is 0 Å². The number of aromatic nitrogens is 2. The molecule has 1 heterocycles. The Hall–Kier alpha value is -1.94. The van der Waals surface area contributed by atoms with E-state index in [1.165, 1.54) is 24.0 Å². The zero-order chi connectivity index (χ0) is 14.5. The van der Waals surface area contributed by atoms with Gasteiger partial charge >= 0.3 is 0 Å². The van der Waals surface area contributed by atoms with Crippen LogP contribution in [0.2, 0.25) is 0 Å². The minimum atomic E-state index is -0.0201. The molecule has 0 radical (unpaired) electrons. The molecule has 21 heavy (non-hydrogen) atoms. The van der Waals surface area contributed by atoms with Gasteiger partial charge in [0.05, 0.1) is 12.6 Å². The van der Waals surface area contributed by atoms with Gasteiger partial charge in [0.15, 0.2) is 0 Å². The Morgan fingerprint density at radius 2 is 1.90 bits per heavy atom. The first-order valence-corrected chi connectivity index (χ1v) is 7.61. The molecule has 0 saturated heterocycles. The molecule has 0 amide bonds. The molecule has 1 aliphatic carbocycles. The van der Waals surface area contributed by atoms with E-state index in [0.29, 0.717) is 0 Å². The van der Waals surface area contributed by atoms with Crippen LogP contribution in [-0.2, 0) is 19.3 Å². The minimum absolute atomic E-state index is 0.0201. The van der Waals surface area contributed by atoms with E-state index in [1.807, 2.05) is 18.2 Å². The van der Waals surface area contributed by atoms with Gasteiger partial charge in [0, 0.05) is 11.3 Å². The molecule has 2 N–H and O–H groups in total. The summed E-state index contributed by atoms with van der Waals surface area (Å²) in [4.78, 5) is 8.77. The molecule has 110 valence electrons. The van der Waals surface area contributed by atoms with Crippen molar-refractivity contribution in [2.45, 2.75) is 38.1 Å². The Morgan fingerprint density at radius 3 is 2.71 bits per heavy atom. The van der Waals surface area contributed by atoms with Crippen LogP contribution in [0.3, 0.4) is 0 Å². The van der Waals surface area contributed by atoms with Crippen LogP contribution in [0, 0.1) is 0 Å².